The van der Waals surface area contributed by atoms with Gasteiger partial charge in [0.1, 0.15) is 23.7 Å². The van der Waals surface area contributed by atoms with Crippen LogP contribution in [0, 0.1) is 6.92 Å². The zero-order valence-corrected chi connectivity index (χ0v) is 11.3. The van der Waals surface area contributed by atoms with Gasteiger partial charge in [-0.1, -0.05) is 23.2 Å². The molecule has 19 heavy (non-hydrogen) atoms. The number of ether oxygens (including phenoxy) is 1. The summed E-state index contributed by atoms with van der Waals surface area (Å²) in [7, 11) is 0. The Morgan fingerprint density at radius 1 is 1.05 bits per heavy atom. The second kappa shape index (κ2) is 4.98. The Morgan fingerprint density at radius 3 is 2.63 bits per heavy atom. The van der Waals surface area contributed by atoms with Gasteiger partial charge in [-0.05, 0) is 49.4 Å². The van der Waals surface area contributed by atoms with Crippen LogP contribution in [-0.4, -0.2) is 0 Å². The quantitative estimate of drug-likeness (QED) is 0.671. The minimum absolute atomic E-state index is 0.412. The number of fused-ring (bicyclic) bond motifs is 1. The molecule has 3 heteroatoms. The van der Waals surface area contributed by atoms with E-state index in [0.717, 1.165) is 22.5 Å². The van der Waals surface area contributed by atoms with E-state index in [1.54, 1.807) is 12.1 Å². The van der Waals surface area contributed by atoms with Crippen molar-refractivity contribution in [1.29, 1.82) is 0 Å². The van der Waals surface area contributed by atoms with Crippen LogP contribution in [0.2, 0.25) is 5.02 Å². The Bertz CT molecular complexity index is 698. The third-order valence-corrected chi connectivity index (χ3v) is 3.17. The Morgan fingerprint density at radius 2 is 1.84 bits per heavy atom. The highest BCUT2D eigenvalue weighted by Crippen LogP contribution is 2.22. The molecule has 0 saturated carbocycles. The minimum atomic E-state index is 0.412. The number of hydrogen-bond donors (Lipinski definition) is 0. The molecule has 0 unspecified atom stereocenters. The van der Waals surface area contributed by atoms with E-state index >= 15 is 0 Å². The van der Waals surface area contributed by atoms with E-state index in [1.165, 1.54) is 5.56 Å². The van der Waals surface area contributed by atoms with Crippen molar-refractivity contribution in [2.75, 3.05) is 0 Å². The lowest BCUT2D eigenvalue weighted by Crippen LogP contribution is -1.92. The van der Waals surface area contributed by atoms with Crippen molar-refractivity contribution in [3.05, 3.63) is 64.9 Å². The fourth-order valence-electron chi connectivity index (χ4n) is 1.97. The maximum absolute atomic E-state index is 5.82. The van der Waals surface area contributed by atoms with Gasteiger partial charge in [-0.15, -0.1) is 0 Å². The molecule has 2 aromatic carbocycles. The monoisotopic (exact) mass is 272 g/mol. The number of furan rings is 1. The van der Waals surface area contributed by atoms with E-state index in [2.05, 4.69) is 13.0 Å². The van der Waals surface area contributed by atoms with Crippen molar-refractivity contribution in [3.63, 3.8) is 0 Å². The molecule has 96 valence electrons. The molecule has 0 aliphatic heterocycles. The molecule has 0 saturated heterocycles. The Kier molecular flexibility index (Phi) is 3.18. The van der Waals surface area contributed by atoms with Crippen molar-refractivity contribution in [2.45, 2.75) is 13.5 Å². The summed E-state index contributed by atoms with van der Waals surface area (Å²) in [5, 5.41) is 1.81. The number of benzene rings is 2. The molecule has 0 spiro atoms. The molecule has 2 nitrogen and oxygen atoms in total. The third kappa shape index (κ3) is 2.74. The maximum Gasteiger partial charge on any atom is 0.146 e. The van der Waals surface area contributed by atoms with E-state index in [1.807, 2.05) is 30.3 Å². The SMILES string of the molecule is Cc1ccc2oc(COc3ccc(Cl)cc3)cc2c1. The van der Waals surface area contributed by atoms with Gasteiger partial charge >= 0.3 is 0 Å². The van der Waals surface area contributed by atoms with Crippen molar-refractivity contribution < 1.29 is 9.15 Å². The predicted molar refractivity (Wildman–Crippen MR) is 76.7 cm³/mol. The molecular formula is C16H13ClO2. The average molecular weight is 273 g/mol. The minimum Gasteiger partial charge on any atom is -0.486 e. The molecule has 0 N–H and O–H groups in total. The van der Waals surface area contributed by atoms with Crippen LogP contribution in [0.1, 0.15) is 11.3 Å². The molecule has 0 amide bonds. The highest BCUT2D eigenvalue weighted by atomic mass is 35.5. The van der Waals surface area contributed by atoms with Crippen LogP contribution in [-0.2, 0) is 6.61 Å². The average Bonchev–Trinajstić information content (AvgIpc) is 2.80. The van der Waals surface area contributed by atoms with Gasteiger partial charge in [-0.3, -0.25) is 0 Å². The van der Waals surface area contributed by atoms with Crippen molar-refractivity contribution in [3.8, 4) is 5.75 Å². The molecule has 1 heterocycles. The van der Waals surface area contributed by atoms with Gasteiger partial charge in [0.2, 0.25) is 0 Å². The van der Waals surface area contributed by atoms with Gasteiger partial charge in [0, 0.05) is 10.4 Å². The molecule has 0 aliphatic rings. The Balaban J connectivity index is 1.76. The number of aryl methyl sites for hydroxylation is 1. The van der Waals surface area contributed by atoms with Crippen LogP contribution in [0.3, 0.4) is 0 Å². The fraction of sp³-hybridized carbons (Fsp3) is 0.125. The van der Waals surface area contributed by atoms with E-state index in [-0.39, 0.29) is 0 Å². The molecule has 0 atom stereocenters. The van der Waals surface area contributed by atoms with E-state index < -0.39 is 0 Å². The summed E-state index contributed by atoms with van der Waals surface area (Å²) in [5.41, 5.74) is 2.11. The first kappa shape index (κ1) is 12.1. The standard InChI is InChI=1S/C16H13ClO2/c1-11-2-7-16-12(8-11)9-15(19-16)10-18-14-5-3-13(17)4-6-14/h2-9H,10H2,1H3. The topological polar surface area (TPSA) is 22.4 Å². The van der Waals surface area contributed by atoms with Gasteiger partial charge in [0.25, 0.3) is 0 Å². The van der Waals surface area contributed by atoms with Crippen molar-refractivity contribution in [2.24, 2.45) is 0 Å². The van der Waals surface area contributed by atoms with Gasteiger partial charge in [-0.25, -0.2) is 0 Å². The lowest BCUT2D eigenvalue weighted by Gasteiger charge is -2.03. The summed E-state index contributed by atoms with van der Waals surface area (Å²) in [6, 6.07) is 15.4. The van der Waals surface area contributed by atoms with E-state index in [9.17, 15) is 0 Å². The Hall–Kier alpha value is -1.93. The van der Waals surface area contributed by atoms with E-state index in [4.69, 9.17) is 20.8 Å². The fourth-order valence-corrected chi connectivity index (χ4v) is 2.10. The second-order valence-electron chi connectivity index (χ2n) is 4.50. The van der Waals surface area contributed by atoms with Crippen molar-refractivity contribution in [1.82, 2.24) is 0 Å². The largest absolute Gasteiger partial charge is 0.486 e. The molecular weight excluding hydrogens is 260 g/mol. The number of halogens is 1. The number of rotatable bonds is 3. The highest BCUT2D eigenvalue weighted by molar-refractivity contribution is 6.30. The molecule has 1 aromatic heterocycles. The molecule has 0 bridgehead atoms. The molecule has 0 radical (unpaired) electrons. The normalized spacial score (nSPS) is 10.8. The lowest BCUT2D eigenvalue weighted by atomic mass is 10.2. The van der Waals surface area contributed by atoms with Crippen LogP contribution in [0.4, 0.5) is 0 Å². The van der Waals surface area contributed by atoms with Gasteiger partial charge < -0.3 is 9.15 Å². The highest BCUT2D eigenvalue weighted by Gasteiger charge is 2.04. The first-order chi connectivity index (χ1) is 9.20. The van der Waals surface area contributed by atoms with Crippen LogP contribution >= 0.6 is 11.6 Å². The summed E-state index contributed by atoms with van der Waals surface area (Å²) >= 11 is 5.82. The zero-order valence-electron chi connectivity index (χ0n) is 10.5. The van der Waals surface area contributed by atoms with Crippen LogP contribution < -0.4 is 4.74 Å². The van der Waals surface area contributed by atoms with E-state index in [0.29, 0.717) is 11.6 Å². The van der Waals surface area contributed by atoms with Crippen molar-refractivity contribution >= 4 is 22.6 Å². The summed E-state index contributed by atoms with van der Waals surface area (Å²) in [6.07, 6.45) is 0. The summed E-state index contributed by atoms with van der Waals surface area (Å²) in [6.45, 7) is 2.48. The summed E-state index contributed by atoms with van der Waals surface area (Å²) in [4.78, 5) is 0. The first-order valence-corrected chi connectivity index (χ1v) is 6.46. The van der Waals surface area contributed by atoms with Gasteiger partial charge in [-0.2, -0.15) is 0 Å². The number of hydrogen-bond acceptors (Lipinski definition) is 2. The Labute approximate surface area is 116 Å². The lowest BCUT2D eigenvalue weighted by molar-refractivity contribution is 0.274. The second-order valence-corrected chi connectivity index (χ2v) is 4.93. The molecule has 3 rings (SSSR count). The third-order valence-electron chi connectivity index (χ3n) is 2.92. The summed E-state index contributed by atoms with van der Waals surface area (Å²) in [5.74, 6) is 1.59. The first-order valence-electron chi connectivity index (χ1n) is 6.08. The van der Waals surface area contributed by atoms with Crippen LogP contribution in [0.5, 0.6) is 5.75 Å². The van der Waals surface area contributed by atoms with Gasteiger partial charge in [0.05, 0.1) is 0 Å². The predicted octanol–water partition coefficient (Wildman–Crippen LogP) is 4.97. The smallest absolute Gasteiger partial charge is 0.146 e. The molecule has 3 aromatic rings. The zero-order chi connectivity index (χ0) is 13.2. The summed E-state index contributed by atoms with van der Waals surface area (Å²) < 4.78 is 11.4. The molecule has 0 fully saturated rings. The van der Waals surface area contributed by atoms with Gasteiger partial charge in [0.15, 0.2) is 0 Å². The van der Waals surface area contributed by atoms with Crippen LogP contribution in [0.25, 0.3) is 11.0 Å². The van der Waals surface area contributed by atoms with Crippen LogP contribution in [0.15, 0.2) is 52.9 Å². The molecule has 0 aliphatic carbocycles. The maximum atomic E-state index is 5.82.